The lowest BCUT2D eigenvalue weighted by Gasteiger charge is -2.32. The van der Waals surface area contributed by atoms with Gasteiger partial charge in [0.2, 0.25) is 10.0 Å². The molecule has 0 saturated carbocycles. The molecule has 0 unspecified atom stereocenters. The molecule has 0 atom stereocenters. The third-order valence-corrected chi connectivity index (χ3v) is 6.08. The van der Waals surface area contributed by atoms with E-state index in [1.54, 1.807) is 6.20 Å². The van der Waals surface area contributed by atoms with Crippen molar-refractivity contribution >= 4 is 33.5 Å². The molecule has 0 aliphatic carbocycles. The number of sulfonamides is 1. The first-order valence-electron chi connectivity index (χ1n) is 7.73. The second-order valence-corrected chi connectivity index (χ2v) is 7.93. The fourth-order valence-corrected chi connectivity index (χ4v) is 4.44. The summed E-state index contributed by atoms with van der Waals surface area (Å²) in [4.78, 5) is 13.6. The molecule has 8 nitrogen and oxygen atoms in total. The van der Waals surface area contributed by atoms with Crippen molar-refractivity contribution in [1.82, 2.24) is 13.5 Å². The van der Waals surface area contributed by atoms with E-state index in [0.29, 0.717) is 18.4 Å². The largest absolute Gasteiger partial charge is 0.465 e. The molecular weight excluding hydrogens is 364 g/mol. The number of piperidine rings is 1. The highest BCUT2D eigenvalue weighted by molar-refractivity contribution is 7.89. The number of carbonyl (C=O) groups is 1. The SMILES string of the molecule is COC(=O)c1ccc(S(=O)(=O)NC2CCN(c3cnsn3)CC2)cc1. The number of anilines is 1. The van der Waals surface area contributed by atoms with Gasteiger partial charge in [0.25, 0.3) is 0 Å². The smallest absolute Gasteiger partial charge is 0.337 e. The Morgan fingerprint density at radius 2 is 1.96 bits per heavy atom. The number of esters is 1. The van der Waals surface area contributed by atoms with Crippen molar-refractivity contribution in [1.29, 1.82) is 0 Å². The van der Waals surface area contributed by atoms with Gasteiger partial charge < -0.3 is 9.64 Å². The second-order valence-electron chi connectivity index (χ2n) is 5.66. The van der Waals surface area contributed by atoms with Crippen LogP contribution in [0.1, 0.15) is 23.2 Å². The van der Waals surface area contributed by atoms with Gasteiger partial charge in [-0.2, -0.15) is 8.75 Å². The molecule has 1 aliphatic heterocycles. The minimum absolute atomic E-state index is 0.131. The molecule has 1 aliphatic rings. The zero-order valence-electron chi connectivity index (χ0n) is 13.6. The summed E-state index contributed by atoms with van der Waals surface area (Å²) in [6.07, 6.45) is 3.10. The van der Waals surface area contributed by atoms with Crippen LogP contribution < -0.4 is 9.62 Å². The van der Waals surface area contributed by atoms with Gasteiger partial charge in [-0.15, -0.1) is 0 Å². The first-order valence-corrected chi connectivity index (χ1v) is 9.94. The maximum absolute atomic E-state index is 12.5. The lowest BCUT2D eigenvalue weighted by Crippen LogP contribution is -2.44. The minimum Gasteiger partial charge on any atom is -0.465 e. The van der Waals surface area contributed by atoms with Gasteiger partial charge in [-0.05, 0) is 37.1 Å². The average Bonchev–Trinajstić information content (AvgIpc) is 3.16. The van der Waals surface area contributed by atoms with E-state index in [0.717, 1.165) is 30.6 Å². The highest BCUT2D eigenvalue weighted by atomic mass is 32.2. The van der Waals surface area contributed by atoms with E-state index in [9.17, 15) is 13.2 Å². The molecule has 1 aromatic carbocycles. The van der Waals surface area contributed by atoms with Gasteiger partial charge in [-0.3, -0.25) is 0 Å². The molecule has 3 rings (SSSR count). The van der Waals surface area contributed by atoms with Crippen molar-refractivity contribution in [2.75, 3.05) is 25.1 Å². The molecule has 10 heteroatoms. The normalized spacial score (nSPS) is 16.0. The second kappa shape index (κ2) is 7.46. The predicted octanol–water partition coefficient (Wildman–Crippen LogP) is 1.27. The van der Waals surface area contributed by atoms with E-state index in [1.165, 1.54) is 31.4 Å². The average molecular weight is 382 g/mol. The number of hydrogen-bond acceptors (Lipinski definition) is 8. The van der Waals surface area contributed by atoms with Crippen LogP contribution in [0.15, 0.2) is 35.4 Å². The molecular formula is C15H18N4O4S2. The number of hydrogen-bond donors (Lipinski definition) is 1. The van der Waals surface area contributed by atoms with Gasteiger partial charge in [0.1, 0.15) is 0 Å². The van der Waals surface area contributed by atoms with Crippen molar-refractivity contribution < 1.29 is 17.9 Å². The summed E-state index contributed by atoms with van der Waals surface area (Å²) < 4.78 is 40.5. The number of methoxy groups -OCH3 is 1. The summed E-state index contributed by atoms with van der Waals surface area (Å²) in [5.41, 5.74) is 0.312. The quantitative estimate of drug-likeness (QED) is 0.777. The Morgan fingerprint density at radius 3 is 2.52 bits per heavy atom. The minimum atomic E-state index is -3.63. The maximum atomic E-state index is 12.5. The van der Waals surface area contributed by atoms with Crippen LogP contribution in [0.4, 0.5) is 5.82 Å². The summed E-state index contributed by atoms with van der Waals surface area (Å²) >= 11 is 1.16. The van der Waals surface area contributed by atoms with Crippen molar-refractivity contribution in [2.24, 2.45) is 0 Å². The molecule has 2 heterocycles. The number of aromatic nitrogens is 2. The first kappa shape index (κ1) is 17.8. The van der Waals surface area contributed by atoms with Crippen LogP contribution in [0.25, 0.3) is 0 Å². The zero-order valence-corrected chi connectivity index (χ0v) is 15.2. The van der Waals surface area contributed by atoms with E-state index >= 15 is 0 Å². The number of nitrogens with zero attached hydrogens (tertiary/aromatic N) is 3. The fourth-order valence-electron chi connectivity index (χ4n) is 2.70. The molecule has 2 aromatic rings. The number of nitrogens with one attached hydrogen (secondary N) is 1. The van der Waals surface area contributed by atoms with E-state index in [-0.39, 0.29) is 10.9 Å². The molecule has 0 amide bonds. The molecule has 1 fully saturated rings. The predicted molar refractivity (Wildman–Crippen MR) is 93.2 cm³/mol. The summed E-state index contributed by atoms with van der Waals surface area (Å²) in [5, 5.41) is 0. The van der Waals surface area contributed by atoms with Crippen molar-refractivity contribution in [3.8, 4) is 0 Å². The third kappa shape index (κ3) is 4.14. The molecule has 134 valence electrons. The molecule has 0 radical (unpaired) electrons. The summed E-state index contributed by atoms with van der Waals surface area (Å²) in [6.45, 7) is 1.44. The number of ether oxygens (including phenoxy) is 1. The van der Waals surface area contributed by atoms with Gasteiger partial charge in [0.15, 0.2) is 5.82 Å². The first-order chi connectivity index (χ1) is 12.0. The van der Waals surface area contributed by atoms with E-state index in [4.69, 9.17) is 0 Å². The number of carbonyl (C=O) groups excluding carboxylic acids is 1. The van der Waals surface area contributed by atoms with Gasteiger partial charge in [-0.25, -0.2) is 17.9 Å². The van der Waals surface area contributed by atoms with Crippen LogP contribution in [0, 0.1) is 0 Å². The topological polar surface area (TPSA) is 101 Å². The summed E-state index contributed by atoms with van der Waals surface area (Å²) in [7, 11) is -2.35. The lowest BCUT2D eigenvalue weighted by atomic mass is 10.1. The van der Waals surface area contributed by atoms with Crippen LogP contribution in [0.5, 0.6) is 0 Å². The Morgan fingerprint density at radius 1 is 1.28 bits per heavy atom. The van der Waals surface area contributed by atoms with E-state index in [2.05, 4.69) is 23.1 Å². The van der Waals surface area contributed by atoms with Gasteiger partial charge in [-0.1, -0.05) is 0 Å². The Hall–Kier alpha value is -2.04. The monoisotopic (exact) mass is 382 g/mol. The number of benzene rings is 1. The van der Waals surface area contributed by atoms with Gasteiger partial charge in [0.05, 0.1) is 35.5 Å². The lowest BCUT2D eigenvalue weighted by molar-refractivity contribution is 0.0600. The highest BCUT2D eigenvalue weighted by Crippen LogP contribution is 2.20. The van der Waals surface area contributed by atoms with Crippen LogP contribution >= 0.6 is 11.7 Å². The Balaban J connectivity index is 1.61. The maximum Gasteiger partial charge on any atom is 0.337 e. The molecule has 0 spiro atoms. The Kier molecular flexibility index (Phi) is 5.30. The summed E-state index contributed by atoms with van der Waals surface area (Å²) in [6, 6.07) is 5.57. The number of rotatable bonds is 5. The third-order valence-electron chi connectivity index (χ3n) is 4.08. The molecule has 1 N–H and O–H groups in total. The van der Waals surface area contributed by atoms with Crippen molar-refractivity contribution in [3.63, 3.8) is 0 Å². The van der Waals surface area contributed by atoms with Crippen molar-refractivity contribution in [2.45, 2.75) is 23.8 Å². The molecule has 1 saturated heterocycles. The molecule has 0 bridgehead atoms. The van der Waals surface area contributed by atoms with Crippen LogP contribution in [-0.2, 0) is 14.8 Å². The standard InChI is InChI=1S/C15H18N4O4S2/c1-23-15(20)11-2-4-13(5-3-11)25(21,22)18-12-6-8-19(9-7-12)14-10-16-24-17-14/h2-5,10,12,18H,6-9H2,1H3. The van der Waals surface area contributed by atoms with Crippen LogP contribution in [0.2, 0.25) is 0 Å². The van der Waals surface area contributed by atoms with Crippen LogP contribution in [0.3, 0.4) is 0 Å². The van der Waals surface area contributed by atoms with Crippen molar-refractivity contribution in [3.05, 3.63) is 36.0 Å². The van der Waals surface area contributed by atoms with Gasteiger partial charge >= 0.3 is 5.97 Å². The molecule has 25 heavy (non-hydrogen) atoms. The van der Waals surface area contributed by atoms with E-state index < -0.39 is 16.0 Å². The Labute approximate surface area is 150 Å². The van der Waals surface area contributed by atoms with Gasteiger partial charge in [0, 0.05) is 19.1 Å². The highest BCUT2D eigenvalue weighted by Gasteiger charge is 2.25. The molecule has 1 aromatic heterocycles. The van der Waals surface area contributed by atoms with Crippen LogP contribution in [-0.4, -0.2) is 49.4 Å². The fraction of sp³-hybridized carbons (Fsp3) is 0.400. The summed E-state index contributed by atoms with van der Waals surface area (Å²) in [5.74, 6) is 0.338. The Bertz CT molecular complexity index is 814. The zero-order chi connectivity index (χ0) is 17.9. The van der Waals surface area contributed by atoms with E-state index in [1.807, 2.05) is 0 Å².